The van der Waals surface area contributed by atoms with E-state index >= 15 is 0 Å². The second-order valence-electron chi connectivity index (χ2n) is 3.65. The molecule has 0 amide bonds. The molecule has 0 bridgehead atoms. The first-order valence-corrected chi connectivity index (χ1v) is 6.11. The summed E-state index contributed by atoms with van der Waals surface area (Å²) in [6, 6.07) is 3.27. The van der Waals surface area contributed by atoms with Crippen molar-refractivity contribution in [3.63, 3.8) is 0 Å². The van der Waals surface area contributed by atoms with Gasteiger partial charge in [0, 0.05) is 22.5 Å². The molecule has 0 fully saturated rings. The summed E-state index contributed by atoms with van der Waals surface area (Å²) in [5.74, 6) is 0. The lowest BCUT2D eigenvalue weighted by Crippen LogP contribution is -2.05. The number of rotatable bonds is 2. The van der Waals surface area contributed by atoms with Gasteiger partial charge in [0.15, 0.2) is 5.13 Å². The van der Waals surface area contributed by atoms with Crippen molar-refractivity contribution in [1.82, 2.24) is 4.98 Å². The predicted octanol–water partition coefficient (Wildman–Crippen LogP) is 3.99. The Kier molecular flexibility index (Phi) is 3.49. The van der Waals surface area contributed by atoms with Crippen molar-refractivity contribution in [2.45, 2.75) is 12.6 Å². The first-order chi connectivity index (χ1) is 8.36. The third kappa shape index (κ3) is 2.94. The number of benzene rings is 1. The number of alkyl halides is 3. The van der Waals surface area contributed by atoms with Gasteiger partial charge in [-0.15, -0.1) is 11.3 Å². The van der Waals surface area contributed by atoms with Gasteiger partial charge in [0.05, 0.1) is 5.56 Å². The van der Waals surface area contributed by atoms with E-state index < -0.39 is 11.7 Å². The van der Waals surface area contributed by atoms with Crippen LogP contribution in [-0.2, 0) is 12.6 Å². The monoisotopic (exact) mass is 292 g/mol. The van der Waals surface area contributed by atoms with Gasteiger partial charge in [0.25, 0.3) is 0 Å². The smallest absolute Gasteiger partial charge is 0.375 e. The summed E-state index contributed by atoms with van der Waals surface area (Å²) in [5.41, 5.74) is 5.17. The Hall–Kier alpha value is -1.27. The van der Waals surface area contributed by atoms with Crippen molar-refractivity contribution in [1.29, 1.82) is 0 Å². The number of hydrogen-bond donors (Lipinski definition) is 1. The number of thiazole rings is 1. The molecule has 2 N–H and O–H groups in total. The van der Waals surface area contributed by atoms with Gasteiger partial charge in [0.1, 0.15) is 0 Å². The van der Waals surface area contributed by atoms with Crippen LogP contribution in [0, 0.1) is 0 Å². The van der Waals surface area contributed by atoms with E-state index in [4.69, 9.17) is 17.3 Å². The molecular weight excluding hydrogens is 285 g/mol. The molecule has 0 atom stereocenters. The summed E-state index contributed by atoms with van der Waals surface area (Å²) in [4.78, 5) is 4.62. The normalized spacial score (nSPS) is 11.8. The molecule has 2 aromatic rings. The van der Waals surface area contributed by atoms with Crippen LogP contribution in [0.5, 0.6) is 0 Å². The van der Waals surface area contributed by atoms with Crippen molar-refractivity contribution >= 4 is 28.1 Å². The molecular formula is C11H8ClF3N2S. The minimum atomic E-state index is -4.37. The quantitative estimate of drug-likeness (QED) is 0.909. The Bertz CT molecular complexity index is 566. The average molecular weight is 293 g/mol. The van der Waals surface area contributed by atoms with Gasteiger partial charge in [-0.3, -0.25) is 0 Å². The summed E-state index contributed by atoms with van der Waals surface area (Å²) in [6.07, 6.45) is -2.54. The Labute approximate surface area is 110 Å². The minimum Gasteiger partial charge on any atom is -0.375 e. The molecule has 0 saturated carbocycles. The molecule has 0 aliphatic heterocycles. The Balaban J connectivity index is 2.32. The van der Waals surface area contributed by atoms with Gasteiger partial charge in [-0.05, 0) is 23.8 Å². The van der Waals surface area contributed by atoms with E-state index in [0.717, 1.165) is 17.0 Å². The number of halogens is 4. The maximum atomic E-state index is 12.6. The number of aromatic nitrogens is 1. The molecule has 0 unspecified atom stereocenters. The molecule has 0 spiro atoms. The molecule has 0 radical (unpaired) electrons. The zero-order valence-corrected chi connectivity index (χ0v) is 10.5. The summed E-state index contributed by atoms with van der Waals surface area (Å²) >= 11 is 7.12. The maximum Gasteiger partial charge on any atom is 0.416 e. The highest BCUT2D eigenvalue weighted by molar-refractivity contribution is 7.15. The molecule has 2 rings (SSSR count). The lowest BCUT2D eigenvalue weighted by atomic mass is 10.1. The van der Waals surface area contributed by atoms with E-state index in [1.165, 1.54) is 23.6 Å². The van der Waals surface area contributed by atoms with E-state index in [2.05, 4.69) is 4.98 Å². The van der Waals surface area contributed by atoms with E-state index in [1.54, 1.807) is 0 Å². The minimum absolute atomic E-state index is 0.289. The van der Waals surface area contributed by atoms with Crippen molar-refractivity contribution < 1.29 is 13.2 Å². The molecule has 0 aliphatic carbocycles. The summed E-state index contributed by atoms with van der Waals surface area (Å²) in [6.45, 7) is 0. The van der Waals surface area contributed by atoms with Crippen LogP contribution in [0.1, 0.15) is 16.0 Å². The molecule has 7 heteroatoms. The standard InChI is InChI=1S/C11H8ClF3N2S/c12-9-2-1-7(11(13,14)15)3-6(9)4-8-5-17-10(16)18-8/h1-3,5H,4H2,(H2,16,17). The van der Waals surface area contributed by atoms with Crippen LogP contribution < -0.4 is 5.73 Å². The lowest BCUT2D eigenvalue weighted by Gasteiger charge is -2.09. The Morgan fingerprint density at radius 1 is 1.33 bits per heavy atom. The summed E-state index contributed by atoms with van der Waals surface area (Å²) in [7, 11) is 0. The Morgan fingerprint density at radius 3 is 2.61 bits per heavy atom. The van der Waals surface area contributed by atoms with E-state index in [1.807, 2.05) is 0 Å². The van der Waals surface area contributed by atoms with Crippen LogP contribution in [0.3, 0.4) is 0 Å². The van der Waals surface area contributed by atoms with Crippen molar-refractivity contribution in [3.05, 3.63) is 45.4 Å². The van der Waals surface area contributed by atoms with Crippen LogP contribution in [0.4, 0.5) is 18.3 Å². The zero-order chi connectivity index (χ0) is 13.3. The highest BCUT2D eigenvalue weighted by atomic mass is 35.5. The third-order valence-electron chi connectivity index (χ3n) is 2.31. The van der Waals surface area contributed by atoms with Crippen LogP contribution in [-0.4, -0.2) is 4.98 Å². The highest BCUT2D eigenvalue weighted by Gasteiger charge is 2.30. The molecule has 1 heterocycles. The first-order valence-electron chi connectivity index (χ1n) is 4.92. The van der Waals surface area contributed by atoms with Crippen LogP contribution in [0.25, 0.3) is 0 Å². The van der Waals surface area contributed by atoms with E-state index in [-0.39, 0.29) is 6.42 Å². The lowest BCUT2D eigenvalue weighted by molar-refractivity contribution is -0.137. The predicted molar refractivity (Wildman–Crippen MR) is 65.8 cm³/mol. The number of hydrogen-bond acceptors (Lipinski definition) is 3. The summed E-state index contributed by atoms with van der Waals surface area (Å²) < 4.78 is 37.7. The molecule has 96 valence electrons. The molecule has 18 heavy (non-hydrogen) atoms. The number of nitrogen functional groups attached to an aromatic ring is 1. The third-order valence-corrected chi connectivity index (χ3v) is 3.50. The second-order valence-corrected chi connectivity index (χ2v) is 5.20. The molecule has 0 saturated heterocycles. The number of nitrogens with zero attached hydrogens (tertiary/aromatic N) is 1. The van der Waals surface area contributed by atoms with Gasteiger partial charge in [-0.25, -0.2) is 4.98 Å². The topological polar surface area (TPSA) is 38.9 Å². The van der Waals surface area contributed by atoms with Crippen molar-refractivity contribution in [2.24, 2.45) is 0 Å². The van der Waals surface area contributed by atoms with Gasteiger partial charge in [-0.1, -0.05) is 11.6 Å². The fourth-order valence-corrected chi connectivity index (χ4v) is 2.37. The van der Waals surface area contributed by atoms with Gasteiger partial charge < -0.3 is 5.73 Å². The Morgan fingerprint density at radius 2 is 2.06 bits per heavy atom. The highest BCUT2D eigenvalue weighted by Crippen LogP contribution is 2.33. The van der Waals surface area contributed by atoms with Crippen LogP contribution in [0.15, 0.2) is 24.4 Å². The van der Waals surface area contributed by atoms with E-state index in [0.29, 0.717) is 15.7 Å². The molecule has 0 aliphatic rings. The fraction of sp³-hybridized carbons (Fsp3) is 0.182. The van der Waals surface area contributed by atoms with Crippen molar-refractivity contribution in [2.75, 3.05) is 5.73 Å². The van der Waals surface area contributed by atoms with Crippen LogP contribution >= 0.6 is 22.9 Å². The molecule has 2 nitrogen and oxygen atoms in total. The van der Waals surface area contributed by atoms with E-state index in [9.17, 15) is 13.2 Å². The molecule has 1 aromatic carbocycles. The summed E-state index contributed by atoms with van der Waals surface area (Å²) in [5, 5.41) is 0.683. The number of nitrogens with two attached hydrogens (primary N) is 1. The first kappa shape index (κ1) is 13.2. The number of anilines is 1. The van der Waals surface area contributed by atoms with Crippen LogP contribution in [0.2, 0.25) is 5.02 Å². The SMILES string of the molecule is Nc1ncc(Cc2cc(C(F)(F)F)ccc2Cl)s1. The fourth-order valence-electron chi connectivity index (χ4n) is 1.48. The maximum absolute atomic E-state index is 12.6. The van der Waals surface area contributed by atoms with Gasteiger partial charge in [-0.2, -0.15) is 13.2 Å². The largest absolute Gasteiger partial charge is 0.416 e. The van der Waals surface area contributed by atoms with Gasteiger partial charge >= 0.3 is 6.18 Å². The zero-order valence-electron chi connectivity index (χ0n) is 8.96. The average Bonchev–Trinajstić information content (AvgIpc) is 2.66. The molecule has 1 aromatic heterocycles. The van der Waals surface area contributed by atoms with Gasteiger partial charge in [0.2, 0.25) is 0 Å². The second kappa shape index (κ2) is 4.78. The van der Waals surface area contributed by atoms with Crippen molar-refractivity contribution in [3.8, 4) is 0 Å².